The van der Waals surface area contributed by atoms with E-state index in [-0.39, 0.29) is 11.0 Å². The highest BCUT2D eigenvalue weighted by molar-refractivity contribution is 9.10. The summed E-state index contributed by atoms with van der Waals surface area (Å²) in [7, 11) is 1.29. The van der Waals surface area contributed by atoms with Crippen LogP contribution >= 0.6 is 15.9 Å². The lowest BCUT2D eigenvalue weighted by Gasteiger charge is -2.10. The minimum atomic E-state index is -0.584. The number of carbonyl (C=O) groups is 1. The van der Waals surface area contributed by atoms with Crippen molar-refractivity contribution in [2.75, 3.05) is 7.11 Å². The molecule has 1 aromatic heterocycles. The average Bonchev–Trinajstić information content (AvgIpc) is 2.45. The van der Waals surface area contributed by atoms with Crippen molar-refractivity contribution < 1.29 is 9.53 Å². The number of aromatic nitrogens is 1. The zero-order valence-electron chi connectivity index (χ0n) is 11.5. The summed E-state index contributed by atoms with van der Waals surface area (Å²) in [6, 6.07) is 5.40. The SMILES string of the molecule is CCCCc1[nH]c2ccc(Br)cc2c(=O)c1C(=O)OC. The van der Waals surface area contributed by atoms with Crippen LogP contribution in [0.5, 0.6) is 0 Å². The third-order valence-electron chi connectivity index (χ3n) is 3.21. The van der Waals surface area contributed by atoms with Crippen LogP contribution in [-0.4, -0.2) is 18.1 Å². The van der Waals surface area contributed by atoms with Gasteiger partial charge in [-0.25, -0.2) is 4.79 Å². The van der Waals surface area contributed by atoms with Crippen LogP contribution < -0.4 is 5.43 Å². The van der Waals surface area contributed by atoms with Gasteiger partial charge in [-0.05, 0) is 31.0 Å². The molecule has 1 heterocycles. The standard InChI is InChI=1S/C15H16BrNO3/c1-3-4-5-12-13(15(19)20-2)14(18)10-8-9(16)6-7-11(10)17-12/h6-8H,3-5H2,1-2H3,(H,17,18). The summed E-state index contributed by atoms with van der Waals surface area (Å²) >= 11 is 3.34. The number of hydrogen-bond donors (Lipinski definition) is 1. The fraction of sp³-hybridized carbons (Fsp3) is 0.333. The van der Waals surface area contributed by atoms with Crippen molar-refractivity contribution in [2.45, 2.75) is 26.2 Å². The lowest BCUT2D eigenvalue weighted by atomic mass is 10.0. The fourth-order valence-corrected chi connectivity index (χ4v) is 2.53. The van der Waals surface area contributed by atoms with E-state index in [0.29, 0.717) is 17.5 Å². The molecule has 0 aliphatic carbocycles. The number of H-pyrrole nitrogens is 1. The Bertz CT molecular complexity index is 706. The third-order valence-corrected chi connectivity index (χ3v) is 3.70. The number of unbranched alkanes of at least 4 members (excludes halogenated alkanes) is 1. The van der Waals surface area contributed by atoms with Gasteiger partial charge in [0.25, 0.3) is 0 Å². The third kappa shape index (κ3) is 2.77. The summed E-state index contributed by atoms with van der Waals surface area (Å²) in [4.78, 5) is 27.6. The predicted octanol–water partition coefficient (Wildman–Crippen LogP) is 3.42. The molecule has 1 aromatic carbocycles. The first-order chi connectivity index (χ1) is 9.58. The second-order valence-electron chi connectivity index (χ2n) is 4.59. The monoisotopic (exact) mass is 337 g/mol. The van der Waals surface area contributed by atoms with Gasteiger partial charge in [0.15, 0.2) is 0 Å². The minimum absolute atomic E-state index is 0.117. The molecule has 0 fully saturated rings. The Kier molecular flexibility index (Phi) is 4.60. The molecule has 0 atom stereocenters. The number of aromatic amines is 1. The Labute approximate surface area is 125 Å². The fourth-order valence-electron chi connectivity index (χ4n) is 2.17. The number of benzene rings is 1. The number of ether oxygens (including phenoxy) is 1. The van der Waals surface area contributed by atoms with E-state index in [1.807, 2.05) is 12.1 Å². The van der Waals surface area contributed by atoms with Crippen molar-refractivity contribution in [3.8, 4) is 0 Å². The topological polar surface area (TPSA) is 59.2 Å². The van der Waals surface area contributed by atoms with Crippen molar-refractivity contribution >= 4 is 32.8 Å². The van der Waals surface area contributed by atoms with Gasteiger partial charge in [-0.15, -0.1) is 0 Å². The summed E-state index contributed by atoms with van der Waals surface area (Å²) in [5.41, 5.74) is 1.22. The Morgan fingerprint density at radius 2 is 2.15 bits per heavy atom. The maximum atomic E-state index is 12.5. The van der Waals surface area contributed by atoms with Crippen molar-refractivity contribution in [2.24, 2.45) is 0 Å². The van der Waals surface area contributed by atoms with E-state index in [0.717, 1.165) is 22.8 Å². The number of carbonyl (C=O) groups excluding carboxylic acids is 1. The molecular formula is C15H16BrNO3. The van der Waals surface area contributed by atoms with Crippen molar-refractivity contribution in [1.29, 1.82) is 0 Å². The van der Waals surface area contributed by atoms with Crippen molar-refractivity contribution in [3.63, 3.8) is 0 Å². The van der Waals surface area contributed by atoms with Crippen LogP contribution in [0, 0.1) is 0 Å². The number of pyridine rings is 1. The van der Waals surface area contributed by atoms with E-state index in [2.05, 4.69) is 27.8 Å². The number of methoxy groups -OCH3 is 1. The van der Waals surface area contributed by atoms with Crippen LogP contribution in [0.25, 0.3) is 10.9 Å². The Morgan fingerprint density at radius 1 is 1.40 bits per heavy atom. The van der Waals surface area contributed by atoms with Crippen LogP contribution in [0.1, 0.15) is 35.8 Å². The molecule has 0 amide bonds. The van der Waals surface area contributed by atoms with E-state index in [1.54, 1.807) is 6.07 Å². The normalized spacial score (nSPS) is 10.8. The second kappa shape index (κ2) is 6.22. The van der Waals surface area contributed by atoms with Crippen molar-refractivity contribution in [3.05, 3.63) is 44.2 Å². The molecule has 2 rings (SSSR count). The molecular weight excluding hydrogens is 322 g/mol. The van der Waals surface area contributed by atoms with E-state index >= 15 is 0 Å². The molecule has 0 aliphatic heterocycles. The van der Waals surface area contributed by atoms with Crippen molar-refractivity contribution in [1.82, 2.24) is 4.98 Å². The Morgan fingerprint density at radius 3 is 2.80 bits per heavy atom. The van der Waals surface area contributed by atoms with Gasteiger partial charge < -0.3 is 9.72 Å². The lowest BCUT2D eigenvalue weighted by Crippen LogP contribution is -2.21. The molecule has 4 nitrogen and oxygen atoms in total. The molecule has 5 heteroatoms. The maximum absolute atomic E-state index is 12.5. The molecule has 0 unspecified atom stereocenters. The Hall–Kier alpha value is -1.62. The summed E-state index contributed by atoms with van der Waals surface area (Å²) in [6.45, 7) is 2.06. The number of aryl methyl sites for hydroxylation is 1. The molecule has 0 aliphatic rings. The highest BCUT2D eigenvalue weighted by Gasteiger charge is 2.19. The number of hydrogen-bond acceptors (Lipinski definition) is 3. The molecule has 106 valence electrons. The van der Waals surface area contributed by atoms with Crippen LogP contribution in [0.2, 0.25) is 0 Å². The molecule has 0 spiro atoms. The maximum Gasteiger partial charge on any atom is 0.343 e. The average molecular weight is 338 g/mol. The first-order valence-electron chi connectivity index (χ1n) is 6.51. The minimum Gasteiger partial charge on any atom is -0.465 e. The van der Waals surface area contributed by atoms with E-state index in [4.69, 9.17) is 4.74 Å². The first kappa shape index (κ1) is 14.8. The summed E-state index contributed by atoms with van der Waals surface area (Å²) in [5, 5.41) is 0.486. The largest absolute Gasteiger partial charge is 0.465 e. The predicted molar refractivity (Wildman–Crippen MR) is 82.2 cm³/mol. The zero-order chi connectivity index (χ0) is 14.7. The molecule has 0 radical (unpaired) electrons. The molecule has 0 saturated heterocycles. The summed E-state index contributed by atoms with van der Waals surface area (Å²) in [6.07, 6.45) is 2.55. The van der Waals surface area contributed by atoms with Gasteiger partial charge in [-0.2, -0.15) is 0 Å². The van der Waals surface area contributed by atoms with Gasteiger partial charge in [-0.1, -0.05) is 29.3 Å². The van der Waals surface area contributed by atoms with Crippen LogP contribution in [-0.2, 0) is 11.2 Å². The summed E-state index contributed by atoms with van der Waals surface area (Å²) in [5.74, 6) is -0.584. The van der Waals surface area contributed by atoms with Crippen LogP contribution in [0.15, 0.2) is 27.5 Å². The highest BCUT2D eigenvalue weighted by atomic mass is 79.9. The zero-order valence-corrected chi connectivity index (χ0v) is 13.0. The van der Waals surface area contributed by atoms with Gasteiger partial charge in [0, 0.05) is 21.1 Å². The number of halogens is 1. The summed E-state index contributed by atoms with van der Waals surface area (Å²) < 4.78 is 5.54. The van der Waals surface area contributed by atoms with E-state index in [9.17, 15) is 9.59 Å². The number of fused-ring (bicyclic) bond motifs is 1. The van der Waals surface area contributed by atoms with E-state index in [1.165, 1.54) is 7.11 Å². The number of esters is 1. The Balaban J connectivity index is 2.73. The smallest absolute Gasteiger partial charge is 0.343 e. The highest BCUT2D eigenvalue weighted by Crippen LogP contribution is 2.19. The molecule has 2 aromatic rings. The van der Waals surface area contributed by atoms with Crippen LogP contribution in [0.4, 0.5) is 0 Å². The van der Waals surface area contributed by atoms with Gasteiger partial charge in [0.1, 0.15) is 5.56 Å². The second-order valence-corrected chi connectivity index (χ2v) is 5.51. The van der Waals surface area contributed by atoms with Gasteiger partial charge in [-0.3, -0.25) is 4.79 Å². The quantitative estimate of drug-likeness (QED) is 0.869. The first-order valence-corrected chi connectivity index (χ1v) is 7.30. The molecule has 0 saturated carbocycles. The van der Waals surface area contributed by atoms with Gasteiger partial charge >= 0.3 is 5.97 Å². The number of rotatable bonds is 4. The van der Waals surface area contributed by atoms with E-state index < -0.39 is 5.97 Å². The molecule has 20 heavy (non-hydrogen) atoms. The molecule has 1 N–H and O–H groups in total. The molecule has 0 bridgehead atoms. The van der Waals surface area contributed by atoms with Gasteiger partial charge in [0.05, 0.1) is 7.11 Å². The van der Waals surface area contributed by atoms with Gasteiger partial charge in [0.2, 0.25) is 5.43 Å². The van der Waals surface area contributed by atoms with Crippen LogP contribution in [0.3, 0.4) is 0 Å². The lowest BCUT2D eigenvalue weighted by molar-refractivity contribution is 0.0597. The number of nitrogens with one attached hydrogen (secondary N) is 1.